The van der Waals surface area contributed by atoms with Crippen molar-refractivity contribution in [3.8, 4) is 5.75 Å². The van der Waals surface area contributed by atoms with Crippen molar-refractivity contribution in [2.24, 2.45) is 0 Å². The second-order valence-corrected chi connectivity index (χ2v) is 8.57. The summed E-state index contributed by atoms with van der Waals surface area (Å²) in [6.07, 6.45) is 2.51. The molecular weight excluding hydrogens is 380 g/mol. The number of aryl methyl sites for hydroxylation is 1. The van der Waals surface area contributed by atoms with Crippen LogP contribution >= 0.6 is 0 Å². The molecule has 0 bridgehead atoms. The molecule has 8 heteroatoms. The maximum absolute atomic E-state index is 12.8. The van der Waals surface area contributed by atoms with E-state index in [1.807, 2.05) is 26.0 Å². The lowest BCUT2D eigenvalue weighted by Crippen LogP contribution is -2.43. The van der Waals surface area contributed by atoms with Crippen molar-refractivity contribution in [2.75, 3.05) is 39.5 Å². The van der Waals surface area contributed by atoms with Crippen molar-refractivity contribution < 1.29 is 22.3 Å². The van der Waals surface area contributed by atoms with Crippen LogP contribution in [0.4, 0.5) is 0 Å². The maximum atomic E-state index is 12.8. The average Bonchev–Trinajstić information content (AvgIpc) is 3.22. The van der Waals surface area contributed by atoms with E-state index in [-0.39, 0.29) is 17.5 Å². The van der Waals surface area contributed by atoms with Crippen molar-refractivity contribution in [1.82, 2.24) is 9.62 Å². The molecule has 1 saturated heterocycles. The van der Waals surface area contributed by atoms with Gasteiger partial charge in [0.05, 0.1) is 37.0 Å². The summed E-state index contributed by atoms with van der Waals surface area (Å²) in [6.45, 7) is 7.43. The lowest BCUT2D eigenvalue weighted by molar-refractivity contribution is 0.0128. The van der Waals surface area contributed by atoms with E-state index in [0.29, 0.717) is 25.6 Å². The highest BCUT2D eigenvalue weighted by molar-refractivity contribution is 7.89. The number of hydrogen-bond donors (Lipinski definition) is 1. The topological polar surface area (TPSA) is 81.0 Å². The van der Waals surface area contributed by atoms with E-state index in [4.69, 9.17) is 13.9 Å². The molecule has 1 unspecified atom stereocenters. The molecule has 1 atom stereocenters. The van der Waals surface area contributed by atoms with Gasteiger partial charge in [0.15, 0.2) is 0 Å². The van der Waals surface area contributed by atoms with E-state index in [1.165, 1.54) is 0 Å². The van der Waals surface area contributed by atoms with Crippen LogP contribution in [0, 0.1) is 6.92 Å². The minimum atomic E-state index is -3.65. The third kappa shape index (κ3) is 5.14. The predicted molar refractivity (Wildman–Crippen MR) is 106 cm³/mol. The lowest BCUT2D eigenvalue weighted by atomic mass is 10.2. The summed E-state index contributed by atoms with van der Waals surface area (Å²) < 4.78 is 45.0. The summed E-state index contributed by atoms with van der Waals surface area (Å²) in [4.78, 5) is 2.41. The third-order valence-corrected chi connectivity index (χ3v) is 6.16. The van der Waals surface area contributed by atoms with Gasteiger partial charge in [-0.3, -0.25) is 4.90 Å². The molecule has 3 rings (SSSR count). The number of nitrogens with zero attached hydrogens (tertiary/aromatic N) is 1. The van der Waals surface area contributed by atoms with Gasteiger partial charge in [-0.1, -0.05) is 6.92 Å². The van der Waals surface area contributed by atoms with Gasteiger partial charge in [0, 0.05) is 19.6 Å². The normalized spacial score (nSPS) is 16.8. The van der Waals surface area contributed by atoms with Crippen molar-refractivity contribution >= 4 is 10.0 Å². The minimum Gasteiger partial charge on any atom is -0.493 e. The highest BCUT2D eigenvalue weighted by Crippen LogP contribution is 2.24. The third-order valence-electron chi connectivity index (χ3n) is 4.74. The van der Waals surface area contributed by atoms with Crippen LogP contribution in [-0.4, -0.2) is 52.8 Å². The van der Waals surface area contributed by atoms with Gasteiger partial charge in [-0.2, -0.15) is 0 Å². The molecule has 0 spiro atoms. The Kier molecular flexibility index (Phi) is 7.12. The Morgan fingerprint density at radius 2 is 2.04 bits per heavy atom. The number of morpholine rings is 1. The number of sulfonamides is 1. The zero-order chi connectivity index (χ0) is 20.0. The molecular formula is C20H28N2O5S. The second-order valence-electron chi connectivity index (χ2n) is 6.81. The second kappa shape index (κ2) is 9.56. The number of hydrogen-bond acceptors (Lipinski definition) is 6. The number of rotatable bonds is 9. The molecule has 0 radical (unpaired) electrons. The Morgan fingerprint density at radius 1 is 1.25 bits per heavy atom. The van der Waals surface area contributed by atoms with Crippen molar-refractivity contribution in [1.29, 1.82) is 0 Å². The maximum Gasteiger partial charge on any atom is 0.240 e. The Morgan fingerprint density at radius 3 is 2.68 bits per heavy atom. The molecule has 28 heavy (non-hydrogen) atoms. The SMILES string of the molecule is CCCOc1ccc(S(=O)(=O)NCC(c2ccco2)N2CCOCC2)cc1C. The summed E-state index contributed by atoms with van der Waals surface area (Å²) in [7, 11) is -3.65. The van der Waals surface area contributed by atoms with E-state index in [1.54, 1.807) is 24.5 Å². The van der Waals surface area contributed by atoms with E-state index >= 15 is 0 Å². The van der Waals surface area contributed by atoms with Crippen LogP contribution in [0.3, 0.4) is 0 Å². The molecule has 1 N–H and O–H groups in total. The number of benzene rings is 1. The Balaban J connectivity index is 1.72. The monoisotopic (exact) mass is 408 g/mol. The fourth-order valence-corrected chi connectivity index (χ4v) is 4.34. The number of ether oxygens (including phenoxy) is 2. The molecule has 1 aliphatic heterocycles. The van der Waals surface area contributed by atoms with Gasteiger partial charge in [-0.25, -0.2) is 13.1 Å². The minimum absolute atomic E-state index is 0.179. The van der Waals surface area contributed by atoms with Crippen LogP contribution in [0.2, 0.25) is 0 Å². The van der Waals surface area contributed by atoms with Gasteiger partial charge in [0.25, 0.3) is 0 Å². The molecule has 1 aromatic carbocycles. The standard InChI is InChI=1S/C20H28N2O5S/c1-3-10-26-19-7-6-17(14-16(19)2)28(23,24)21-15-18(20-5-4-11-27-20)22-8-12-25-13-9-22/h4-7,11,14,18,21H,3,8-10,12-13,15H2,1-2H3. The van der Waals surface area contributed by atoms with E-state index in [9.17, 15) is 8.42 Å². The first-order valence-corrected chi connectivity index (χ1v) is 11.1. The molecule has 0 amide bonds. The van der Waals surface area contributed by atoms with Gasteiger partial charge in [0.1, 0.15) is 11.5 Å². The molecule has 1 aromatic heterocycles. The Bertz CT molecular complexity index is 845. The smallest absolute Gasteiger partial charge is 0.240 e. The fraction of sp³-hybridized carbons (Fsp3) is 0.500. The lowest BCUT2D eigenvalue weighted by Gasteiger charge is -2.33. The summed E-state index contributed by atoms with van der Waals surface area (Å²) in [5.41, 5.74) is 0.798. The first-order chi connectivity index (χ1) is 13.5. The molecule has 0 saturated carbocycles. The highest BCUT2D eigenvalue weighted by Gasteiger charge is 2.27. The molecule has 2 heterocycles. The van der Waals surface area contributed by atoms with Crippen LogP contribution in [0.15, 0.2) is 45.9 Å². The fourth-order valence-electron chi connectivity index (χ4n) is 3.21. The predicted octanol–water partition coefficient (Wildman–Crippen LogP) is 2.73. The summed E-state index contributed by atoms with van der Waals surface area (Å²) in [5, 5.41) is 0. The van der Waals surface area contributed by atoms with Crippen LogP contribution in [-0.2, 0) is 14.8 Å². The molecule has 0 aliphatic carbocycles. The zero-order valence-corrected chi connectivity index (χ0v) is 17.2. The van der Waals surface area contributed by atoms with Crippen molar-refractivity contribution in [3.05, 3.63) is 47.9 Å². The first-order valence-electron chi connectivity index (χ1n) is 9.59. The van der Waals surface area contributed by atoms with E-state index < -0.39 is 10.0 Å². The van der Waals surface area contributed by atoms with Crippen LogP contribution in [0.25, 0.3) is 0 Å². The molecule has 7 nitrogen and oxygen atoms in total. The Hall–Kier alpha value is -1.87. The van der Waals surface area contributed by atoms with Gasteiger partial charge in [0.2, 0.25) is 10.0 Å². The molecule has 154 valence electrons. The zero-order valence-electron chi connectivity index (χ0n) is 16.4. The van der Waals surface area contributed by atoms with Gasteiger partial charge in [-0.15, -0.1) is 0 Å². The number of nitrogens with one attached hydrogen (secondary N) is 1. The highest BCUT2D eigenvalue weighted by atomic mass is 32.2. The van der Waals surface area contributed by atoms with E-state index in [2.05, 4.69) is 9.62 Å². The molecule has 1 fully saturated rings. The van der Waals surface area contributed by atoms with Gasteiger partial charge >= 0.3 is 0 Å². The quantitative estimate of drug-likeness (QED) is 0.687. The average molecular weight is 409 g/mol. The summed E-state index contributed by atoms with van der Waals surface area (Å²) in [5.74, 6) is 1.45. The van der Waals surface area contributed by atoms with Gasteiger partial charge in [-0.05, 0) is 49.2 Å². The van der Waals surface area contributed by atoms with Gasteiger partial charge < -0.3 is 13.9 Å². The van der Waals surface area contributed by atoms with Crippen LogP contribution < -0.4 is 9.46 Å². The summed E-state index contributed by atoms with van der Waals surface area (Å²) in [6, 6.07) is 8.45. The largest absolute Gasteiger partial charge is 0.493 e. The number of furan rings is 1. The van der Waals surface area contributed by atoms with Crippen molar-refractivity contribution in [2.45, 2.75) is 31.2 Å². The van der Waals surface area contributed by atoms with Crippen LogP contribution in [0.5, 0.6) is 5.75 Å². The molecule has 1 aliphatic rings. The van der Waals surface area contributed by atoms with Crippen molar-refractivity contribution in [3.63, 3.8) is 0 Å². The molecule has 2 aromatic rings. The Labute approximate surface area is 166 Å². The first kappa shape index (κ1) is 20.9. The van der Waals surface area contributed by atoms with E-state index in [0.717, 1.165) is 30.8 Å². The summed E-state index contributed by atoms with van der Waals surface area (Å²) >= 11 is 0. The van der Waals surface area contributed by atoms with Crippen LogP contribution in [0.1, 0.15) is 30.7 Å².